The predicted octanol–water partition coefficient (Wildman–Crippen LogP) is 3.98. The molecule has 2 bridgehead atoms. The number of hydrogen-bond donors (Lipinski definition) is 2. The number of rotatable bonds is 4. The number of nitrogens with one attached hydrogen (secondary N) is 1. The van der Waals surface area contributed by atoms with Gasteiger partial charge in [0.2, 0.25) is 17.6 Å². The van der Waals surface area contributed by atoms with Crippen LogP contribution in [0.15, 0.2) is 46.2 Å². The van der Waals surface area contributed by atoms with Crippen molar-refractivity contribution < 1.29 is 28.6 Å². The van der Waals surface area contributed by atoms with E-state index in [9.17, 15) is 23.9 Å². The number of benzene rings is 2. The number of methoxy groups -OCH3 is 2. The second-order valence-electron chi connectivity index (χ2n) is 10.2. The first-order valence-corrected chi connectivity index (χ1v) is 14.0. The fraction of sp³-hybridized carbons (Fsp3) is 0.370. The molecule has 2 aromatic carbocycles. The van der Waals surface area contributed by atoms with E-state index in [-0.39, 0.29) is 62.9 Å². The van der Waals surface area contributed by atoms with Crippen LogP contribution in [0, 0.1) is 35.4 Å². The third-order valence-corrected chi connectivity index (χ3v) is 11.3. The van der Waals surface area contributed by atoms with Crippen LogP contribution in [-0.4, -0.2) is 41.4 Å². The molecule has 0 radical (unpaired) electrons. The molecule has 2 amide bonds. The molecule has 11 heteroatoms. The minimum absolute atomic E-state index is 0.0136. The molecule has 2 aliphatic heterocycles. The quantitative estimate of drug-likeness (QED) is 0.470. The molecule has 7 unspecified atom stereocenters. The smallest absolute Gasteiger partial charge is 0.305 e. The first-order valence-electron chi connectivity index (χ1n) is 12.3. The van der Waals surface area contributed by atoms with Gasteiger partial charge in [-0.05, 0) is 66.1 Å². The lowest BCUT2D eigenvalue weighted by Gasteiger charge is -2.43. The number of amides is 2. The number of thioether (sulfide) groups is 1. The van der Waals surface area contributed by atoms with E-state index in [1.54, 1.807) is 23.9 Å². The van der Waals surface area contributed by atoms with E-state index < -0.39 is 17.7 Å². The van der Waals surface area contributed by atoms with Crippen molar-refractivity contribution in [1.82, 2.24) is 4.98 Å². The molecule has 2 saturated carbocycles. The Bertz CT molecular complexity index is 1530. The molecule has 8 nitrogen and oxygen atoms in total. The summed E-state index contributed by atoms with van der Waals surface area (Å²) in [5, 5.41) is 11.3. The van der Waals surface area contributed by atoms with Crippen molar-refractivity contribution in [1.29, 1.82) is 0 Å². The maximum atomic E-state index is 13.8. The number of imide groups is 1. The van der Waals surface area contributed by atoms with Gasteiger partial charge in [0.15, 0.2) is 11.5 Å². The number of carbonyl (C=O) groups excluding carboxylic acids is 2. The van der Waals surface area contributed by atoms with Gasteiger partial charge < -0.3 is 19.6 Å². The van der Waals surface area contributed by atoms with E-state index >= 15 is 0 Å². The Kier molecular flexibility index (Phi) is 5.22. The van der Waals surface area contributed by atoms with Crippen LogP contribution in [0.4, 0.5) is 10.1 Å². The average Bonchev–Trinajstić information content (AvgIpc) is 3.64. The summed E-state index contributed by atoms with van der Waals surface area (Å²) in [6.07, 6.45) is 0.744. The highest BCUT2D eigenvalue weighted by Gasteiger charge is 2.69. The summed E-state index contributed by atoms with van der Waals surface area (Å²) in [5.41, 5.74) is 1.21. The van der Waals surface area contributed by atoms with Crippen molar-refractivity contribution in [2.75, 3.05) is 19.1 Å². The van der Waals surface area contributed by atoms with Crippen LogP contribution in [0.2, 0.25) is 0 Å². The highest BCUT2D eigenvalue weighted by molar-refractivity contribution is 8.00. The van der Waals surface area contributed by atoms with Gasteiger partial charge in [-0.2, -0.15) is 0 Å². The van der Waals surface area contributed by atoms with Gasteiger partial charge in [-0.1, -0.05) is 11.3 Å². The molecule has 1 saturated heterocycles. The first kappa shape index (κ1) is 23.8. The van der Waals surface area contributed by atoms with Crippen molar-refractivity contribution in [3.05, 3.63) is 62.3 Å². The molecule has 3 fully saturated rings. The van der Waals surface area contributed by atoms with Crippen molar-refractivity contribution in [2.24, 2.45) is 29.6 Å². The summed E-state index contributed by atoms with van der Waals surface area (Å²) in [7, 11) is 2.93. The van der Waals surface area contributed by atoms with E-state index in [1.165, 1.54) is 43.4 Å². The maximum absolute atomic E-state index is 13.8. The van der Waals surface area contributed by atoms with E-state index in [1.807, 2.05) is 0 Å². The number of hydrogen-bond acceptors (Lipinski definition) is 8. The summed E-state index contributed by atoms with van der Waals surface area (Å²) in [6, 6.07) is 8.97. The number of fused-ring (bicyclic) bond motifs is 9. The number of phenols is 1. The van der Waals surface area contributed by atoms with Gasteiger partial charge in [0.25, 0.3) is 0 Å². The van der Waals surface area contributed by atoms with Crippen LogP contribution in [0.5, 0.6) is 17.2 Å². The number of anilines is 1. The lowest BCUT2D eigenvalue weighted by Crippen LogP contribution is -2.42. The topological polar surface area (TPSA) is 109 Å². The Morgan fingerprint density at radius 3 is 2.26 bits per heavy atom. The van der Waals surface area contributed by atoms with Gasteiger partial charge in [0.1, 0.15) is 5.82 Å². The number of halogens is 1. The monoisotopic (exact) mass is 554 g/mol. The molecular weight excluding hydrogens is 531 g/mol. The summed E-state index contributed by atoms with van der Waals surface area (Å²) in [5.74, 6) is -1.79. The van der Waals surface area contributed by atoms with Gasteiger partial charge in [0, 0.05) is 16.0 Å². The van der Waals surface area contributed by atoms with E-state index in [0.717, 1.165) is 33.2 Å². The second-order valence-corrected chi connectivity index (χ2v) is 12.4. The van der Waals surface area contributed by atoms with Crippen molar-refractivity contribution in [3.8, 4) is 17.2 Å². The van der Waals surface area contributed by atoms with E-state index in [2.05, 4.69) is 4.98 Å². The summed E-state index contributed by atoms with van der Waals surface area (Å²) in [4.78, 5) is 44.8. The molecule has 3 heterocycles. The third kappa shape index (κ3) is 3.11. The maximum Gasteiger partial charge on any atom is 0.305 e. The molecular formula is C27H23FN2O6S2. The predicted molar refractivity (Wildman–Crippen MR) is 139 cm³/mol. The van der Waals surface area contributed by atoms with Crippen LogP contribution < -0.4 is 19.2 Å². The van der Waals surface area contributed by atoms with Gasteiger partial charge >= 0.3 is 4.87 Å². The lowest BCUT2D eigenvalue weighted by atomic mass is 9.68. The zero-order valence-corrected chi connectivity index (χ0v) is 22.0. The number of carbonyl (C=O) groups is 2. The zero-order valence-electron chi connectivity index (χ0n) is 20.3. The molecule has 38 heavy (non-hydrogen) atoms. The Morgan fingerprint density at radius 2 is 1.63 bits per heavy atom. The van der Waals surface area contributed by atoms with E-state index in [4.69, 9.17) is 9.47 Å². The number of aromatic nitrogens is 1. The molecule has 2 aliphatic carbocycles. The largest absolute Gasteiger partial charge is 0.502 e. The van der Waals surface area contributed by atoms with Crippen molar-refractivity contribution in [2.45, 2.75) is 22.6 Å². The number of ether oxygens (including phenoxy) is 2. The molecule has 2 N–H and O–H groups in total. The SMILES string of the molecule is COc1cc(C2c3sc(=O)[nH]c3SC3C4CC(C5C(=O)N(c6ccc(F)cc6)C(=O)C45)C23)cc(OC)c1O. The number of phenolic OH excluding ortho intramolecular Hbond substituents is 1. The number of H-pyrrole nitrogens is 1. The highest BCUT2D eigenvalue weighted by Crippen LogP contribution is 2.69. The second kappa shape index (κ2) is 8.34. The third-order valence-electron chi connectivity index (χ3n) is 8.67. The number of thiazole rings is 1. The minimum atomic E-state index is -0.472. The summed E-state index contributed by atoms with van der Waals surface area (Å²) < 4.78 is 24.4. The Hall–Kier alpha value is -3.31. The van der Waals surface area contributed by atoms with Crippen molar-refractivity contribution in [3.63, 3.8) is 0 Å². The van der Waals surface area contributed by atoms with Gasteiger partial charge in [-0.25, -0.2) is 4.39 Å². The fourth-order valence-electron chi connectivity index (χ4n) is 7.33. The van der Waals surface area contributed by atoms with Crippen LogP contribution in [0.1, 0.15) is 22.8 Å². The lowest BCUT2D eigenvalue weighted by molar-refractivity contribution is -0.123. The van der Waals surface area contributed by atoms with Crippen LogP contribution >= 0.6 is 23.1 Å². The van der Waals surface area contributed by atoms with E-state index in [0.29, 0.717) is 5.69 Å². The highest BCUT2D eigenvalue weighted by atomic mass is 32.2. The number of aromatic hydroxyl groups is 1. The van der Waals surface area contributed by atoms with Gasteiger partial charge in [0.05, 0.1) is 36.8 Å². The minimum Gasteiger partial charge on any atom is -0.502 e. The molecule has 4 aliphatic rings. The standard InChI is InChI=1S/C27H23FN2O6S2/c1-35-15-7-10(8-16(36-2)21(15)31)17-18-13-9-14(22(18)37-24-23(17)38-27(34)29-24)20-19(13)25(32)30(26(20)33)12-5-3-11(28)4-6-12/h3-8,13-14,17-20,22,31H,9H2,1-2H3,(H,29,34). The molecule has 196 valence electrons. The average molecular weight is 555 g/mol. The normalized spacial score (nSPS) is 30.8. The number of nitrogens with zero attached hydrogens (tertiary/aromatic N) is 1. The van der Waals surface area contributed by atoms with Crippen molar-refractivity contribution >= 4 is 40.6 Å². The molecule has 7 rings (SSSR count). The zero-order chi connectivity index (χ0) is 26.5. The molecule has 1 aromatic heterocycles. The fourth-order valence-corrected chi connectivity index (χ4v) is 10.2. The summed E-state index contributed by atoms with van der Waals surface area (Å²) in [6.45, 7) is 0. The molecule has 7 atom stereocenters. The number of aromatic amines is 1. The van der Waals surface area contributed by atoms with Crippen LogP contribution in [0.25, 0.3) is 0 Å². The van der Waals surface area contributed by atoms with Gasteiger partial charge in [-0.15, -0.1) is 11.8 Å². The Balaban J connectivity index is 1.34. The van der Waals surface area contributed by atoms with Crippen LogP contribution in [0.3, 0.4) is 0 Å². The molecule has 3 aromatic rings. The first-order chi connectivity index (χ1) is 18.3. The molecule has 0 spiro atoms. The Labute approximate surface area is 224 Å². The summed E-state index contributed by atoms with van der Waals surface area (Å²) >= 11 is 2.75. The van der Waals surface area contributed by atoms with Gasteiger partial charge in [-0.3, -0.25) is 19.3 Å². The van der Waals surface area contributed by atoms with Crippen LogP contribution in [-0.2, 0) is 9.59 Å². The Morgan fingerprint density at radius 1 is 1.00 bits per heavy atom.